The molecule has 0 aliphatic rings. The van der Waals surface area contributed by atoms with Gasteiger partial charge in [0.1, 0.15) is 5.82 Å². The van der Waals surface area contributed by atoms with Crippen LogP contribution in [0.3, 0.4) is 0 Å². The minimum absolute atomic E-state index is 0.930. The van der Waals surface area contributed by atoms with Gasteiger partial charge in [-0.3, -0.25) is 4.57 Å². The molecule has 0 N–H and O–H groups in total. The van der Waals surface area contributed by atoms with Gasteiger partial charge >= 0.3 is 0 Å². The van der Waals surface area contributed by atoms with E-state index in [0.29, 0.717) is 0 Å². The molecule has 0 fully saturated rings. The number of para-hydroxylation sites is 2. The third-order valence-corrected chi connectivity index (χ3v) is 10.4. The zero-order valence-corrected chi connectivity index (χ0v) is 29.0. The van der Waals surface area contributed by atoms with Crippen molar-refractivity contribution in [2.75, 3.05) is 0 Å². The molecule has 2 heteroatoms. The summed E-state index contributed by atoms with van der Waals surface area (Å²) in [6, 6.07) is 74.2. The second kappa shape index (κ2) is 12.9. The molecule has 0 saturated carbocycles. The van der Waals surface area contributed by atoms with Gasteiger partial charge in [0.05, 0.1) is 11.0 Å². The average molecular weight is 675 g/mol. The molecule has 0 aliphatic heterocycles. The monoisotopic (exact) mass is 674 g/mol. The molecular weight excluding hydrogens is 641 g/mol. The van der Waals surface area contributed by atoms with Crippen LogP contribution in [0, 0.1) is 0 Å². The summed E-state index contributed by atoms with van der Waals surface area (Å²) in [7, 11) is 0. The number of hydrogen-bond acceptors (Lipinski definition) is 1. The summed E-state index contributed by atoms with van der Waals surface area (Å²) < 4.78 is 2.30. The van der Waals surface area contributed by atoms with E-state index >= 15 is 0 Å². The van der Waals surface area contributed by atoms with Gasteiger partial charge in [-0.2, -0.15) is 0 Å². The summed E-state index contributed by atoms with van der Waals surface area (Å²) in [6.45, 7) is 0. The van der Waals surface area contributed by atoms with Gasteiger partial charge in [-0.1, -0.05) is 170 Å². The molecular formula is C51H34N2. The van der Waals surface area contributed by atoms with Crippen LogP contribution in [0.2, 0.25) is 0 Å². The smallest absolute Gasteiger partial charge is 0.145 e. The maximum atomic E-state index is 5.14. The molecule has 0 radical (unpaired) electrons. The van der Waals surface area contributed by atoms with Crippen LogP contribution in [0.5, 0.6) is 0 Å². The van der Waals surface area contributed by atoms with Crippen molar-refractivity contribution in [3.8, 4) is 61.6 Å². The number of imidazole rings is 1. The minimum Gasteiger partial charge on any atom is -0.292 e. The van der Waals surface area contributed by atoms with Crippen LogP contribution >= 0.6 is 0 Å². The summed E-state index contributed by atoms with van der Waals surface area (Å²) in [5, 5.41) is 4.91. The zero-order chi connectivity index (χ0) is 35.1. The molecule has 0 atom stereocenters. The van der Waals surface area contributed by atoms with Crippen molar-refractivity contribution >= 4 is 32.6 Å². The van der Waals surface area contributed by atoms with Crippen LogP contribution in [-0.2, 0) is 0 Å². The molecule has 9 aromatic carbocycles. The molecule has 0 bridgehead atoms. The molecule has 53 heavy (non-hydrogen) atoms. The highest BCUT2D eigenvalue weighted by atomic mass is 15.1. The lowest BCUT2D eigenvalue weighted by Gasteiger charge is -2.20. The van der Waals surface area contributed by atoms with Crippen molar-refractivity contribution in [3.63, 3.8) is 0 Å². The largest absolute Gasteiger partial charge is 0.292 e. The van der Waals surface area contributed by atoms with E-state index in [1.165, 1.54) is 60.5 Å². The van der Waals surface area contributed by atoms with Crippen molar-refractivity contribution in [2.24, 2.45) is 0 Å². The predicted octanol–water partition coefficient (Wildman–Crippen LogP) is 13.7. The maximum absolute atomic E-state index is 5.14. The molecule has 0 unspecified atom stereocenters. The Labute approximate surface area is 308 Å². The van der Waals surface area contributed by atoms with Gasteiger partial charge in [0.25, 0.3) is 0 Å². The van der Waals surface area contributed by atoms with Crippen molar-refractivity contribution in [1.29, 1.82) is 0 Å². The van der Waals surface area contributed by atoms with E-state index in [1.54, 1.807) is 0 Å². The third-order valence-electron chi connectivity index (χ3n) is 10.4. The molecule has 0 spiro atoms. The van der Waals surface area contributed by atoms with Crippen LogP contribution in [-0.4, -0.2) is 9.55 Å². The Bertz CT molecular complexity index is 2920. The molecule has 10 aromatic rings. The minimum atomic E-state index is 0.930. The Morgan fingerprint density at radius 1 is 0.302 bits per heavy atom. The standard InChI is InChI=1S/C51H34N2/c1-4-16-35(17-5-1)38-22-14-23-40(32-38)50-44-27-11-10-26-43(44)49(45-31-30-39(34-46(45)50)36-18-6-2-7-19-36)41-24-15-25-42(33-41)53-48-29-13-12-28-47(48)52-51(53)37-20-8-3-9-21-37/h1-34H. The predicted molar refractivity (Wildman–Crippen MR) is 223 cm³/mol. The second-order valence-electron chi connectivity index (χ2n) is 13.5. The maximum Gasteiger partial charge on any atom is 0.145 e. The molecule has 1 heterocycles. The lowest BCUT2D eigenvalue weighted by Crippen LogP contribution is -1.98. The number of fused-ring (bicyclic) bond motifs is 3. The molecule has 0 amide bonds. The van der Waals surface area contributed by atoms with E-state index in [4.69, 9.17) is 4.98 Å². The lowest BCUT2D eigenvalue weighted by atomic mass is 9.84. The Morgan fingerprint density at radius 3 is 1.49 bits per heavy atom. The number of nitrogens with zero attached hydrogens (tertiary/aromatic N) is 2. The van der Waals surface area contributed by atoms with Gasteiger partial charge in [-0.25, -0.2) is 4.98 Å². The van der Waals surface area contributed by atoms with Gasteiger partial charge in [-0.15, -0.1) is 0 Å². The van der Waals surface area contributed by atoms with Crippen LogP contribution in [0.25, 0.3) is 94.2 Å². The fourth-order valence-electron chi connectivity index (χ4n) is 7.96. The Hall–Kier alpha value is -7.03. The van der Waals surface area contributed by atoms with Gasteiger partial charge < -0.3 is 0 Å². The Balaban J connectivity index is 1.25. The molecule has 0 aliphatic carbocycles. The first-order valence-corrected chi connectivity index (χ1v) is 18.1. The van der Waals surface area contributed by atoms with Gasteiger partial charge in [0.15, 0.2) is 0 Å². The number of hydrogen-bond donors (Lipinski definition) is 0. The van der Waals surface area contributed by atoms with Gasteiger partial charge in [-0.05, 0) is 102 Å². The summed E-state index contributed by atoms with van der Waals surface area (Å²) in [5.74, 6) is 0.930. The normalized spacial score (nSPS) is 11.4. The topological polar surface area (TPSA) is 17.8 Å². The SMILES string of the molecule is c1ccc(-c2cccc(-c3c4ccccc4c(-c4cccc(-n5c(-c6ccccc6)nc6ccccc65)c4)c4ccc(-c5ccccc5)cc34)c2)cc1. The average Bonchev–Trinajstić information content (AvgIpc) is 3.63. The second-order valence-corrected chi connectivity index (χ2v) is 13.5. The zero-order valence-electron chi connectivity index (χ0n) is 29.0. The molecule has 2 nitrogen and oxygen atoms in total. The van der Waals surface area contributed by atoms with Crippen molar-refractivity contribution in [1.82, 2.24) is 9.55 Å². The molecule has 248 valence electrons. The molecule has 0 saturated heterocycles. The highest BCUT2D eigenvalue weighted by Crippen LogP contribution is 2.46. The van der Waals surface area contributed by atoms with Crippen molar-refractivity contribution in [2.45, 2.75) is 0 Å². The number of rotatable bonds is 6. The fraction of sp³-hybridized carbons (Fsp3) is 0. The van der Waals surface area contributed by atoms with E-state index in [-0.39, 0.29) is 0 Å². The van der Waals surface area contributed by atoms with Crippen LogP contribution < -0.4 is 0 Å². The molecule has 10 rings (SSSR count). The van der Waals surface area contributed by atoms with Crippen LogP contribution in [0.1, 0.15) is 0 Å². The fourth-order valence-corrected chi connectivity index (χ4v) is 7.96. The molecule has 1 aromatic heterocycles. The first kappa shape index (κ1) is 30.8. The summed E-state index contributed by atoms with van der Waals surface area (Å²) in [4.78, 5) is 5.14. The van der Waals surface area contributed by atoms with Gasteiger partial charge in [0.2, 0.25) is 0 Å². The first-order valence-electron chi connectivity index (χ1n) is 18.1. The first-order chi connectivity index (χ1) is 26.3. The van der Waals surface area contributed by atoms with Crippen LogP contribution in [0.15, 0.2) is 206 Å². The van der Waals surface area contributed by atoms with Crippen molar-refractivity contribution in [3.05, 3.63) is 206 Å². The Morgan fingerprint density at radius 2 is 0.792 bits per heavy atom. The highest BCUT2D eigenvalue weighted by molar-refractivity contribution is 6.22. The lowest BCUT2D eigenvalue weighted by molar-refractivity contribution is 1.10. The summed E-state index contributed by atoms with van der Waals surface area (Å²) >= 11 is 0. The quantitative estimate of drug-likeness (QED) is 0.161. The highest BCUT2D eigenvalue weighted by Gasteiger charge is 2.20. The van der Waals surface area contributed by atoms with E-state index in [9.17, 15) is 0 Å². The van der Waals surface area contributed by atoms with Crippen LogP contribution in [0.4, 0.5) is 0 Å². The van der Waals surface area contributed by atoms with E-state index < -0.39 is 0 Å². The summed E-state index contributed by atoms with van der Waals surface area (Å²) in [6.07, 6.45) is 0. The Kier molecular flexibility index (Phi) is 7.51. The number of aromatic nitrogens is 2. The van der Waals surface area contributed by atoms with E-state index in [0.717, 1.165) is 33.7 Å². The van der Waals surface area contributed by atoms with E-state index in [2.05, 4.69) is 211 Å². The third kappa shape index (κ3) is 5.40. The van der Waals surface area contributed by atoms with Crippen molar-refractivity contribution < 1.29 is 0 Å². The summed E-state index contributed by atoms with van der Waals surface area (Å²) in [5.41, 5.74) is 13.9. The number of benzene rings is 9. The van der Waals surface area contributed by atoms with E-state index in [1.807, 2.05) is 0 Å². The van der Waals surface area contributed by atoms with Gasteiger partial charge in [0, 0.05) is 11.3 Å².